The SMILES string of the molecule is c1cc2ccc3ccc(CN4CCSCCSCCSCCSCCSCC4)c4ccc(c1)c2c34. The van der Waals surface area contributed by atoms with Gasteiger partial charge < -0.3 is 0 Å². The molecule has 1 aliphatic rings. The summed E-state index contributed by atoms with van der Waals surface area (Å²) in [5.41, 5.74) is 1.48. The Morgan fingerprint density at radius 1 is 0.486 bits per heavy atom. The first-order valence-electron chi connectivity index (χ1n) is 12.7. The van der Waals surface area contributed by atoms with Crippen molar-refractivity contribution in [3.05, 3.63) is 60.2 Å². The minimum atomic E-state index is 1.05. The van der Waals surface area contributed by atoms with Gasteiger partial charge in [0.1, 0.15) is 0 Å². The first kappa shape index (κ1) is 26.2. The lowest BCUT2D eigenvalue weighted by Gasteiger charge is -2.24. The molecule has 0 spiro atoms. The van der Waals surface area contributed by atoms with Crippen LogP contribution in [0.15, 0.2) is 54.6 Å². The molecular formula is C29H35NS5. The summed E-state index contributed by atoms with van der Waals surface area (Å²) in [6.07, 6.45) is 0. The fourth-order valence-corrected chi connectivity index (χ4v) is 10.4. The first-order chi connectivity index (χ1) is 17.4. The van der Waals surface area contributed by atoms with Crippen molar-refractivity contribution in [3.63, 3.8) is 0 Å². The zero-order valence-electron chi connectivity index (χ0n) is 20.4. The van der Waals surface area contributed by atoms with Crippen LogP contribution in [-0.2, 0) is 6.54 Å². The average Bonchev–Trinajstić information content (AvgIpc) is 2.89. The van der Waals surface area contributed by atoms with Crippen molar-refractivity contribution in [1.29, 1.82) is 0 Å². The van der Waals surface area contributed by atoms with Crippen LogP contribution in [0.2, 0.25) is 0 Å². The molecule has 0 unspecified atom stereocenters. The molecule has 0 amide bonds. The number of rotatable bonds is 2. The lowest BCUT2D eigenvalue weighted by Crippen LogP contribution is -2.28. The molecule has 0 bridgehead atoms. The molecule has 186 valence electrons. The molecule has 0 radical (unpaired) electrons. The first-order valence-corrected chi connectivity index (χ1v) is 18.4. The minimum absolute atomic E-state index is 1.05. The number of hydrogen-bond acceptors (Lipinski definition) is 6. The van der Waals surface area contributed by atoms with E-state index >= 15 is 0 Å². The second-order valence-electron chi connectivity index (χ2n) is 8.92. The van der Waals surface area contributed by atoms with E-state index in [-0.39, 0.29) is 0 Å². The lowest BCUT2D eigenvalue weighted by molar-refractivity contribution is 0.302. The van der Waals surface area contributed by atoms with Crippen LogP contribution in [0, 0.1) is 0 Å². The summed E-state index contributed by atoms with van der Waals surface area (Å²) in [5.74, 6) is 12.9. The van der Waals surface area contributed by atoms with Crippen LogP contribution in [0.3, 0.4) is 0 Å². The van der Waals surface area contributed by atoms with E-state index in [0.717, 1.165) is 6.54 Å². The van der Waals surface area contributed by atoms with Gasteiger partial charge in [0, 0.05) is 77.2 Å². The largest absolute Gasteiger partial charge is 0.297 e. The van der Waals surface area contributed by atoms with Crippen LogP contribution in [0.1, 0.15) is 5.56 Å². The summed E-state index contributed by atoms with van der Waals surface area (Å²) in [6.45, 7) is 3.42. The predicted octanol–water partition coefficient (Wildman–Crippen LogP) is 8.07. The molecule has 1 nitrogen and oxygen atoms in total. The van der Waals surface area contributed by atoms with Gasteiger partial charge in [-0.3, -0.25) is 4.90 Å². The Bertz CT molecular complexity index is 1160. The van der Waals surface area contributed by atoms with Crippen molar-refractivity contribution < 1.29 is 0 Å². The maximum absolute atomic E-state index is 2.71. The van der Waals surface area contributed by atoms with Crippen LogP contribution < -0.4 is 0 Å². The summed E-state index contributed by atoms with van der Waals surface area (Å²) in [6, 6.07) is 20.7. The Labute approximate surface area is 232 Å². The van der Waals surface area contributed by atoms with E-state index in [1.807, 2.05) is 0 Å². The highest BCUT2D eigenvalue weighted by Gasteiger charge is 2.13. The van der Waals surface area contributed by atoms with E-state index < -0.39 is 0 Å². The van der Waals surface area contributed by atoms with Crippen LogP contribution in [0.5, 0.6) is 0 Å². The quantitative estimate of drug-likeness (QED) is 0.228. The van der Waals surface area contributed by atoms with Gasteiger partial charge in [0.25, 0.3) is 0 Å². The predicted molar refractivity (Wildman–Crippen MR) is 172 cm³/mol. The molecule has 0 N–H and O–H groups in total. The molecule has 4 aromatic rings. The topological polar surface area (TPSA) is 3.24 Å². The monoisotopic (exact) mass is 557 g/mol. The molecule has 0 saturated carbocycles. The third-order valence-corrected chi connectivity index (χ3v) is 12.5. The van der Waals surface area contributed by atoms with Gasteiger partial charge in [0.05, 0.1) is 0 Å². The van der Waals surface area contributed by atoms with E-state index in [1.165, 1.54) is 108 Å². The highest BCUT2D eigenvalue weighted by atomic mass is 32.2. The minimum Gasteiger partial charge on any atom is -0.297 e. The maximum Gasteiger partial charge on any atom is 0.0240 e. The molecule has 1 fully saturated rings. The van der Waals surface area contributed by atoms with Gasteiger partial charge in [0.2, 0.25) is 0 Å². The standard InChI is InChI=1S/C29H35NS5/c1-2-23-4-5-25-6-7-26(27-9-8-24(3-1)28(23)29(25)27)22-30-10-12-31-14-16-33-18-20-35-21-19-34-17-15-32-13-11-30/h1-9H,10-22H2. The Morgan fingerprint density at radius 3 is 1.51 bits per heavy atom. The normalized spacial score (nSPS) is 19.2. The summed E-state index contributed by atoms with van der Waals surface area (Å²) in [5, 5.41) is 8.41. The fraction of sp³-hybridized carbons (Fsp3) is 0.448. The molecule has 35 heavy (non-hydrogen) atoms. The Kier molecular flexibility index (Phi) is 10.5. The highest BCUT2D eigenvalue weighted by molar-refractivity contribution is 8.05. The number of thioether (sulfide) groups is 5. The van der Waals surface area contributed by atoms with Gasteiger partial charge in [0.15, 0.2) is 0 Å². The lowest BCUT2D eigenvalue weighted by atomic mass is 9.92. The second-order valence-corrected chi connectivity index (χ2v) is 15.0. The van der Waals surface area contributed by atoms with Crippen molar-refractivity contribution in [2.75, 3.05) is 70.6 Å². The van der Waals surface area contributed by atoms with Crippen LogP contribution in [0.4, 0.5) is 0 Å². The molecule has 6 heteroatoms. The summed E-state index contributed by atoms with van der Waals surface area (Å²) in [7, 11) is 0. The van der Waals surface area contributed by atoms with Crippen LogP contribution in [0.25, 0.3) is 32.3 Å². The van der Waals surface area contributed by atoms with Gasteiger partial charge >= 0.3 is 0 Å². The van der Waals surface area contributed by atoms with Crippen LogP contribution in [-0.4, -0.2) is 75.5 Å². The molecule has 5 rings (SSSR count). The molecule has 1 heterocycles. The van der Waals surface area contributed by atoms with Crippen molar-refractivity contribution in [2.24, 2.45) is 0 Å². The molecule has 1 aliphatic heterocycles. The van der Waals surface area contributed by atoms with Crippen molar-refractivity contribution in [1.82, 2.24) is 4.90 Å². The van der Waals surface area contributed by atoms with Crippen molar-refractivity contribution in [3.8, 4) is 0 Å². The second kappa shape index (κ2) is 14.0. The van der Waals surface area contributed by atoms with E-state index in [4.69, 9.17) is 0 Å². The molecule has 1 saturated heterocycles. The summed E-state index contributed by atoms with van der Waals surface area (Å²) < 4.78 is 0. The summed E-state index contributed by atoms with van der Waals surface area (Å²) >= 11 is 10.7. The highest BCUT2D eigenvalue weighted by Crippen LogP contribution is 2.36. The fourth-order valence-electron chi connectivity index (χ4n) is 4.81. The van der Waals surface area contributed by atoms with E-state index in [2.05, 4.69) is 118 Å². The van der Waals surface area contributed by atoms with Crippen molar-refractivity contribution >= 4 is 91.1 Å². The van der Waals surface area contributed by atoms with Gasteiger partial charge in [-0.2, -0.15) is 58.8 Å². The smallest absolute Gasteiger partial charge is 0.0240 e. The zero-order chi connectivity index (χ0) is 23.7. The number of hydrogen-bond donors (Lipinski definition) is 0. The van der Waals surface area contributed by atoms with Crippen molar-refractivity contribution in [2.45, 2.75) is 6.54 Å². The van der Waals surface area contributed by atoms with Gasteiger partial charge in [-0.1, -0.05) is 54.6 Å². The Hall–Kier alpha value is -0.370. The van der Waals surface area contributed by atoms with E-state index in [1.54, 1.807) is 0 Å². The molecule has 0 aromatic heterocycles. The summed E-state index contributed by atoms with van der Waals surface area (Å²) in [4.78, 5) is 2.71. The average molecular weight is 558 g/mol. The molecule has 0 atom stereocenters. The van der Waals surface area contributed by atoms with E-state index in [9.17, 15) is 0 Å². The Balaban J connectivity index is 1.30. The molecular weight excluding hydrogens is 523 g/mol. The van der Waals surface area contributed by atoms with Crippen LogP contribution >= 0.6 is 58.8 Å². The van der Waals surface area contributed by atoms with Gasteiger partial charge in [-0.25, -0.2) is 0 Å². The third kappa shape index (κ3) is 7.14. The van der Waals surface area contributed by atoms with E-state index in [0.29, 0.717) is 0 Å². The third-order valence-electron chi connectivity index (χ3n) is 6.60. The van der Waals surface area contributed by atoms with Gasteiger partial charge in [-0.05, 0) is 37.9 Å². The zero-order valence-corrected chi connectivity index (χ0v) is 24.5. The number of benzene rings is 4. The maximum atomic E-state index is 2.71. The number of nitrogens with zero attached hydrogens (tertiary/aromatic N) is 1. The van der Waals surface area contributed by atoms with Gasteiger partial charge in [-0.15, -0.1) is 0 Å². The molecule has 4 aromatic carbocycles. The molecule has 0 aliphatic carbocycles. The Morgan fingerprint density at radius 2 is 0.943 bits per heavy atom.